The molecule has 0 radical (unpaired) electrons. The quantitative estimate of drug-likeness (QED) is 0.825. The van der Waals surface area contributed by atoms with Crippen LogP contribution in [-0.4, -0.2) is 45.7 Å². The van der Waals surface area contributed by atoms with Gasteiger partial charge < -0.3 is 5.11 Å². The molecule has 0 saturated carbocycles. The highest BCUT2D eigenvalue weighted by atomic mass is 32.2. The van der Waals surface area contributed by atoms with Crippen LogP contribution in [0.2, 0.25) is 0 Å². The van der Waals surface area contributed by atoms with Crippen LogP contribution in [0.25, 0.3) is 10.8 Å². The van der Waals surface area contributed by atoms with Gasteiger partial charge in [-0.15, -0.1) is 0 Å². The molecule has 0 aromatic heterocycles. The van der Waals surface area contributed by atoms with Crippen LogP contribution in [0, 0.1) is 0 Å². The minimum absolute atomic E-state index is 0.0669. The van der Waals surface area contributed by atoms with E-state index in [1.54, 1.807) is 18.2 Å². The third kappa shape index (κ3) is 3.00. The maximum atomic E-state index is 12.3. The lowest BCUT2D eigenvalue weighted by atomic mass is 10.1. The van der Waals surface area contributed by atoms with E-state index in [0.29, 0.717) is 0 Å². The van der Waals surface area contributed by atoms with Crippen molar-refractivity contribution in [3.05, 3.63) is 42.5 Å². The number of sulfone groups is 1. The van der Waals surface area contributed by atoms with Gasteiger partial charge in [0.1, 0.15) is 6.10 Å². The molecule has 1 saturated heterocycles. The molecular formula is C14H14O6S2. The van der Waals surface area contributed by atoms with Crippen LogP contribution in [0.1, 0.15) is 0 Å². The SMILES string of the molecule is O=S1(=O)C[C@H](OS(=O)(=O)c2ccc3ccccc3c2)[C@@H](O)C1. The highest BCUT2D eigenvalue weighted by Gasteiger charge is 2.40. The summed E-state index contributed by atoms with van der Waals surface area (Å²) in [6.45, 7) is 0. The molecule has 0 bridgehead atoms. The highest BCUT2D eigenvalue weighted by molar-refractivity contribution is 7.91. The monoisotopic (exact) mass is 342 g/mol. The maximum absolute atomic E-state index is 12.3. The first-order chi connectivity index (χ1) is 10.3. The van der Waals surface area contributed by atoms with Crippen LogP contribution >= 0.6 is 0 Å². The number of hydrogen-bond donors (Lipinski definition) is 1. The first kappa shape index (κ1) is 15.4. The normalized spacial score (nSPS) is 24.6. The topological polar surface area (TPSA) is 97.7 Å². The zero-order valence-corrected chi connectivity index (χ0v) is 13.0. The number of rotatable bonds is 3. The van der Waals surface area contributed by atoms with Gasteiger partial charge in [0.05, 0.1) is 22.5 Å². The van der Waals surface area contributed by atoms with E-state index in [4.69, 9.17) is 4.18 Å². The molecule has 1 heterocycles. The van der Waals surface area contributed by atoms with Gasteiger partial charge >= 0.3 is 0 Å². The van der Waals surface area contributed by atoms with E-state index in [1.165, 1.54) is 12.1 Å². The van der Waals surface area contributed by atoms with Gasteiger partial charge in [-0.25, -0.2) is 8.42 Å². The molecule has 1 aliphatic heterocycles. The summed E-state index contributed by atoms with van der Waals surface area (Å²) in [5.74, 6) is -0.980. The van der Waals surface area contributed by atoms with E-state index >= 15 is 0 Å². The molecule has 1 fully saturated rings. The molecule has 0 spiro atoms. The van der Waals surface area contributed by atoms with Crippen LogP contribution < -0.4 is 0 Å². The fraction of sp³-hybridized carbons (Fsp3) is 0.286. The molecule has 6 nitrogen and oxygen atoms in total. The standard InChI is InChI=1S/C14H14O6S2/c15-13-8-21(16,17)9-14(13)20-22(18,19)12-6-5-10-3-1-2-4-11(10)7-12/h1-7,13-15H,8-9H2/t13-,14-/m0/s1. The zero-order chi connectivity index (χ0) is 16.0. The second-order valence-corrected chi connectivity index (χ2v) is 8.97. The summed E-state index contributed by atoms with van der Waals surface area (Å²) in [6.07, 6.45) is -2.60. The molecule has 0 unspecified atom stereocenters. The zero-order valence-electron chi connectivity index (χ0n) is 11.4. The molecule has 2 atom stereocenters. The van der Waals surface area contributed by atoms with E-state index in [2.05, 4.69) is 0 Å². The molecule has 8 heteroatoms. The molecule has 22 heavy (non-hydrogen) atoms. The average Bonchev–Trinajstić information content (AvgIpc) is 2.70. The number of benzene rings is 2. The number of aliphatic hydroxyl groups is 1. The smallest absolute Gasteiger partial charge is 0.297 e. The van der Waals surface area contributed by atoms with Gasteiger partial charge in [0.25, 0.3) is 10.1 Å². The number of aliphatic hydroxyl groups excluding tert-OH is 1. The summed E-state index contributed by atoms with van der Waals surface area (Å²) < 4.78 is 52.3. The van der Waals surface area contributed by atoms with Crippen LogP contribution in [-0.2, 0) is 24.1 Å². The van der Waals surface area contributed by atoms with Crippen molar-refractivity contribution in [2.24, 2.45) is 0 Å². The van der Waals surface area contributed by atoms with E-state index in [9.17, 15) is 21.9 Å². The molecule has 118 valence electrons. The van der Waals surface area contributed by atoms with Crippen LogP contribution in [0.15, 0.2) is 47.4 Å². The van der Waals surface area contributed by atoms with Crippen molar-refractivity contribution in [3.63, 3.8) is 0 Å². The van der Waals surface area contributed by atoms with Crippen molar-refractivity contribution in [2.75, 3.05) is 11.5 Å². The fourth-order valence-corrected chi connectivity index (χ4v) is 5.32. The van der Waals surface area contributed by atoms with Crippen molar-refractivity contribution < 1.29 is 26.1 Å². The molecule has 1 aliphatic rings. The van der Waals surface area contributed by atoms with Gasteiger partial charge in [-0.3, -0.25) is 4.18 Å². The van der Waals surface area contributed by atoms with Gasteiger partial charge in [-0.2, -0.15) is 8.42 Å². The Morgan fingerprint density at radius 2 is 1.73 bits per heavy atom. The molecule has 3 rings (SSSR count). The fourth-order valence-electron chi connectivity index (χ4n) is 2.43. The first-order valence-electron chi connectivity index (χ1n) is 6.57. The number of fused-ring (bicyclic) bond motifs is 1. The lowest BCUT2D eigenvalue weighted by Crippen LogP contribution is -2.29. The second-order valence-electron chi connectivity index (χ2n) is 5.24. The van der Waals surface area contributed by atoms with Gasteiger partial charge in [0.15, 0.2) is 9.84 Å². The average molecular weight is 342 g/mol. The lowest BCUT2D eigenvalue weighted by Gasteiger charge is -2.14. The van der Waals surface area contributed by atoms with E-state index in [-0.39, 0.29) is 4.90 Å². The van der Waals surface area contributed by atoms with E-state index < -0.39 is 43.7 Å². The van der Waals surface area contributed by atoms with Crippen molar-refractivity contribution >= 4 is 30.7 Å². The molecule has 1 N–H and O–H groups in total. The predicted molar refractivity (Wildman–Crippen MR) is 80.7 cm³/mol. The Kier molecular flexibility index (Phi) is 3.72. The Hall–Kier alpha value is -1.48. The van der Waals surface area contributed by atoms with Crippen molar-refractivity contribution in [1.29, 1.82) is 0 Å². The largest absolute Gasteiger partial charge is 0.389 e. The summed E-state index contributed by atoms with van der Waals surface area (Å²) in [6, 6.07) is 11.7. The predicted octanol–water partition coefficient (Wildman–Crippen LogP) is 0.703. The molecule has 0 amide bonds. The second kappa shape index (κ2) is 5.31. The van der Waals surface area contributed by atoms with E-state index in [0.717, 1.165) is 10.8 Å². The Morgan fingerprint density at radius 1 is 1.05 bits per heavy atom. The van der Waals surface area contributed by atoms with Crippen molar-refractivity contribution in [1.82, 2.24) is 0 Å². The minimum Gasteiger partial charge on any atom is -0.389 e. The molecule has 2 aromatic carbocycles. The van der Waals surface area contributed by atoms with Crippen LogP contribution in [0.5, 0.6) is 0 Å². The summed E-state index contributed by atoms with van der Waals surface area (Å²) >= 11 is 0. The summed E-state index contributed by atoms with van der Waals surface area (Å²) in [4.78, 5) is -0.0669. The van der Waals surface area contributed by atoms with Gasteiger partial charge in [-0.1, -0.05) is 30.3 Å². The maximum Gasteiger partial charge on any atom is 0.297 e. The van der Waals surface area contributed by atoms with Gasteiger partial charge in [0.2, 0.25) is 0 Å². The summed E-state index contributed by atoms with van der Waals surface area (Å²) in [7, 11) is -7.62. The van der Waals surface area contributed by atoms with Crippen LogP contribution in [0.3, 0.4) is 0 Å². The minimum atomic E-state index is -4.14. The summed E-state index contributed by atoms with van der Waals surface area (Å²) in [5, 5.41) is 11.2. The first-order valence-corrected chi connectivity index (χ1v) is 9.80. The van der Waals surface area contributed by atoms with Crippen molar-refractivity contribution in [2.45, 2.75) is 17.1 Å². The lowest BCUT2D eigenvalue weighted by molar-refractivity contribution is 0.0780. The third-order valence-electron chi connectivity index (χ3n) is 3.53. The molecule has 0 aliphatic carbocycles. The van der Waals surface area contributed by atoms with Crippen LogP contribution in [0.4, 0.5) is 0 Å². The third-order valence-corrected chi connectivity index (χ3v) is 6.55. The van der Waals surface area contributed by atoms with E-state index in [1.807, 2.05) is 12.1 Å². The Labute approximate surface area is 128 Å². The summed E-state index contributed by atoms with van der Waals surface area (Å²) in [5.41, 5.74) is 0. The Balaban J connectivity index is 1.92. The van der Waals surface area contributed by atoms with Gasteiger partial charge in [0, 0.05) is 0 Å². The molecule has 2 aromatic rings. The molecular weight excluding hydrogens is 328 g/mol. The van der Waals surface area contributed by atoms with Gasteiger partial charge in [-0.05, 0) is 22.9 Å². The number of hydrogen-bond acceptors (Lipinski definition) is 6. The Bertz CT molecular complexity index is 917. The Morgan fingerprint density at radius 3 is 2.36 bits per heavy atom. The highest BCUT2D eigenvalue weighted by Crippen LogP contribution is 2.24. The van der Waals surface area contributed by atoms with Crippen molar-refractivity contribution in [3.8, 4) is 0 Å².